The number of hydrogen-bond acceptors (Lipinski definition) is 5. The normalized spacial score (nSPS) is 10.3. The molecule has 0 radical (unpaired) electrons. The number of amides is 1. The van der Waals surface area contributed by atoms with Gasteiger partial charge < -0.3 is 20.7 Å². The van der Waals surface area contributed by atoms with E-state index in [1.54, 1.807) is 12.1 Å². The van der Waals surface area contributed by atoms with E-state index in [2.05, 4.69) is 5.16 Å². The van der Waals surface area contributed by atoms with Crippen LogP contribution in [0.4, 0.5) is 0 Å². The van der Waals surface area contributed by atoms with Gasteiger partial charge in [-0.25, -0.2) is 0 Å². The maximum absolute atomic E-state index is 11.5. The molecule has 1 aromatic carbocycles. The maximum atomic E-state index is 11.5. The van der Waals surface area contributed by atoms with Crippen LogP contribution in [-0.4, -0.2) is 24.2 Å². The fourth-order valence-electron chi connectivity index (χ4n) is 1.53. The Morgan fingerprint density at radius 1 is 1.33 bits per heavy atom. The standard InChI is InChI=1S/C12H13N3O3/c13-6-7-17-12-9(11(14)16)10(18-15-12)8-4-2-1-3-5-8/h1-5H,6-7,13H2,(H2,14,16). The van der Waals surface area contributed by atoms with E-state index >= 15 is 0 Å². The Labute approximate surface area is 104 Å². The van der Waals surface area contributed by atoms with Gasteiger partial charge in [0.1, 0.15) is 6.61 Å². The highest BCUT2D eigenvalue weighted by atomic mass is 16.5. The SMILES string of the molecule is NCCOc1noc(-c2ccccc2)c1C(N)=O. The Kier molecular flexibility index (Phi) is 3.59. The van der Waals surface area contributed by atoms with E-state index in [4.69, 9.17) is 20.7 Å². The molecule has 0 unspecified atom stereocenters. The first-order valence-corrected chi connectivity index (χ1v) is 5.41. The molecule has 0 aliphatic rings. The summed E-state index contributed by atoms with van der Waals surface area (Å²) in [4.78, 5) is 11.5. The Morgan fingerprint density at radius 2 is 2.06 bits per heavy atom. The van der Waals surface area contributed by atoms with Crippen molar-refractivity contribution in [3.63, 3.8) is 0 Å². The molecule has 0 bridgehead atoms. The minimum absolute atomic E-state index is 0.0757. The minimum atomic E-state index is -0.651. The molecular formula is C12H13N3O3. The molecule has 0 aliphatic heterocycles. The number of rotatable bonds is 5. The summed E-state index contributed by atoms with van der Waals surface area (Å²) in [7, 11) is 0. The quantitative estimate of drug-likeness (QED) is 0.812. The van der Waals surface area contributed by atoms with Gasteiger partial charge in [-0.2, -0.15) is 0 Å². The number of aromatic nitrogens is 1. The van der Waals surface area contributed by atoms with Gasteiger partial charge in [-0.15, -0.1) is 0 Å². The molecule has 6 heteroatoms. The highest BCUT2D eigenvalue weighted by molar-refractivity contribution is 6.00. The van der Waals surface area contributed by atoms with Crippen LogP contribution in [0.2, 0.25) is 0 Å². The van der Waals surface area contributed by atoms with Crippen LogP contribution < -0.4 is 16.2 Å². The second-order valence-corrected chi connectivity index (χ2v) is 3.56. The number of ether oxygens (including phenoxy) is 1. The molecule has 18 heavy (non-hydrogen) atoms. The molecule has 0 saturated heterocycles. The van der Waals surface area contributed by atoms with Crippen molar-refractivity contribution < 1.29 is 14.1 Å². The monoisotopic (exact) mass is 247 g/mol. The Bertz CT molecular complexity index is 537. The molecule has 6 nitrogen and oxygen atoms in total. The van der Waals surface area contributed by atoms with Crippen LogP contribution in [-0.2, 0) is 0 Å². The van der Waals surface area contributed by atoms with Crippen molar-refractivity contribution in [3.8, 4) is 17.2 Å². The van der Waals surface area contributed by atoms with Gasteiger partial charge >= 0.3 is 0 Å². The van der Waals surface area contributed by atoms with E-state index in [9.17, 15) is 4.79 Å². The summed E-state index contributed by atoms with van der Waals surface area (Å²) in [6.45, 7) is 0.548. The number of benzene rings is 1. The zero-order chi connectivity index (χ0) is 13.0. The molecule has 1 amide bonds. The maximum Gasteiger partial charge on any atom is 0.267 e. The fraction of sp³-hybridized carbons (Fsp3) is 0.167. The van der Waals surface area contributed by atoms with Crippen LogP contribution in [0.3, 0.4) is 0 Å². The van der Waals surface area contributed by atoms with Crippen molar-refractivity contribution in [2.45, 2.75) is 0 Å². The van der Waals surface area contributed by atoms with Gasteiger partial charge in [0.25, 0.3) is 11.8 Å². The summed E-state index contributed by atoms with van der Waals surface area (Å²) < 4.78 is 10.3. The molecule has 0 saturated carbocycles. The highest BCUT2D eigenvalue weighted by Crippen LogP contribution is 2.29. The van der Waals surface area contributed by atoms with Crippen molar-refractivity contribution in [1.29, 1.82) is 0 Å². The van der Waals surface area contributed by atoms with Crippen LogP contribution in [0.15, 0.2) is 34.9 Å². The molecule has 1 aromatic heterocycles. The molecule has 2 aromatic rings. The van der Waals surface area contributed by atoms with Crippen LogP contribution in [0, 0.1) is 0 Å². The number of nitrogens with zero attached hydrogens (tertiary/aromatic N) is 1. The molecule has 1 heterocycles. The zero-order valence-electron chi connectivity index (χ0n) is 9.63. The lowest BCUT2D eigenvalue weighted by molar-refractivity contribution is 0.0997. The minimum Gasteiger partial charge on any atom is -0.474 e. The van der Waals surface area contributed by atoms with Gasteiger partial charge in [-0.05, 0) is 5.16 Å². The van der Waals surface area contributed by atoms with Crippen molar-refractivity contribution in [1.82, 2.24) is 5.16 Å². The number of nitrogens with two attached hydrogens (primary N) is 2. The van der Waals surface area contributed by atoms with E-state index in [0.717, 1.165) is 0 Å². The van der Waals surface area contributed by atoms with Crippen LogP contribution in [0.1, 0.15) is 10.4 Å². The Hall–Kier alpha value is -2.34. The van der Waals surface area contributed by atoms with Crippen molar-refractivity contribution >= 4 is 5.91 Å². The number of hydrogen-bond donors (Lipinski definition) is 2. The summed E-state index contributed by atoms with van der Waals surface area (Å²) in [5.41, 5.74) is 11.5. The second kappa shape index (κ2) is 5.33. The van der Waals surface area contributed by atoms with Gasteiger partial charge in [0, 0.05) is 12.1 Å². The lowest BCUT2D eigenvalue weighted by atomic mass is 10.1. The smallest absolute Gasteiger partial charge is 0.267 e. The molecule has 0 atom stereocenters. The Morgan fingerprint density at radius 3 is 2.67 bits per heavy atom. The highest BCUT2D eigenvalue weighted by Gasteiger charge is 2.23. The van der Waals surface area contributed by atoms with E-state index in [0.29, 0.717) is 17.9 Å². The topological polar surface area (TPSA) is 104 Å². The van der Waals surface area contributed by atoms with Gasteiger partial charge in [-0.3, -0.25) is 4.79 Å². The summed E-state index contributed by atoms with van der Waals surface area (Å²) >= 11 is 0. The van der Waals surface area contributed by atoms with Gasteiger partial charge in [-0.1, -0.05) is 30.3 Å². The van der Waals surface area contributed by atoms with Crippen LogP contribution >= 0.6 is 0 Å². The lowest BCUT2D eigenvalue weighted by Crippen LogP contribution is -2.16. The summed E-state index contributed by atoms with van der Waals surface area (Å²) in [6.07, 6.45) is 0. The van der Waals surface area contributed by atoms with E-state index in [1.807, 2.05) is 18.2 Å². The predicted octanol–water partition coefficient (Wildman–Crippen LogP) is 0.778. The summed E-state index contributed by atoms with van der Waals surface area (Å²) in [5, 5.41) is 3.70. The van der Waals surface area contributed by atoms with Gasteiger partial charge in [0.05, 0.1) is 0 Å². The van der Waals surface area contributed by atoms with Crippen molar-refractivity contribution in [2.75, 3.05) is 13.2 Å². The number of carbonyl (C=O) groups excluding carboxylic acids is 1. The zero-order valence-corrected chi connectivity index (χ0v) is 9.63. The molecule has 94 valence electrons. The fourth-order valence-corrected chi connectivity index (χ4v) is 1.53. The Balaban J connectivity index is 2.42. The van der Waals surface area contributed by atoms with E-state index in [-0.39, 0.29) is 18.1 Å². The first kappa shape index (κ1) is 12.1. The second-order valence-electron chi connectivity index (χ2n) is 3.56. The molecule has 2 rings (SSSR count). The summed E-state index contributed by atoms with van der Waals surface area (Å²) in [6, 6.07) is 9.08. The molecule has 0 aliphatic carbocycles. The largest absolute Gasteiger partial charge is 0.474 e. The molecule has 4 N–H and O–H groups in total. The third kappa shape index (κ3) is 2.33. The van der Waals surface area contributed by atoms with Gasteiger partial charge in [0.15, 0.2) is 11.3 Å². The molecule has 0 spiro atoms. The predicted molar refractivity (Wildman–Crippen MR) is 65.0 cm³/mol. The molecule has 0 fully saturated rings. The van der Waals surface area contributed by atoms with Crippen LogP contribution in [0.5, 0.6) is 5.88 Å². The molecular weight excluding hydrogens is 234 g/mol. The average Bonchev–Trinajstić information content (AvgIpc) is 2.81. The number of primary amides is 1. The number of carbonyl (C=O) groups is 1. The van der Waals surface area contributed by atoms with E-state index in [1.165, 1.54) is 0 Å². The first-order valence-electron chi connectivity index (χ1n) is 5.41. The van der Waals surface area contributed by atoms with E-state index < -0.39 is 5.91 Å². The lowest BCUT2D eigenvalue weighted by Gasteiger charge is -2.01. The van der Waals surface area contributed by atoms with Crippen molar-refractivity contribution in [3.05, 3.63) is 35.9 Å². The third-order valence-corrected chi connectivity index (χ3v) is 2.30. The van der Waals surface area contributed by atoms with Crippen molar-refractivity contribution in [2.24, 2.45) is 11.5 Å². The third-order valence-electron chi connectivity index (χ3n) is 2.30. The average molecular weight is 247 g/mol. The summed E-state index contributed by atoms with van der Waals surface area (Å²) in [5.74, 6) is -0.274. The first-order chi connectivity index (χ1) is 8.74. The van der Waals surface area contributed by atoms with Crippen LogP contribution in [0.25, 0.3) is 11.3 Å². The van der Waals surface area contributed by atoms with Gasteiger partial charge in [0.2, 0.25) is 0 Å².